The van der Waals surface area contributed by atoms with E-state index in [9.17, 15) is 0 Å². The van der Waals surface area contributed by atoms with Crippen molar-refractivity contribution < 1.29 is 4.42 Å². The van der Waals surface area contributed by atoms with Crippen molar-refractivity contribution in [2.45, 2.75) is 0 Å². The largest absolute Gasteiger partial charge is 0.463 e. The molecule has 4 aromatic heterocycles. The van der Waals surface area contributed by atoms with Gasteiger partial charge in [-0.1, -0.05) is 6.07 Å². The monoisotopic (exact) mass is 347 g/mol. The normalized spacial score (nSPS) is 12.1. The maximum atomic E-state index is 5.52. The van der Waals surface area contributed by atoms with Crippen molar-refractivity contribution in [1.29, 1.82) is 0 Å². The molecule has 0 radical (unpaired) electrons. The Labute approximate surface area is 147 Å². The van der Waals surface area contributed by atoms with Crippen LogP contribution in [0.1, 0.15) is 5.69 Å². The zero-order valence-electron chi connectivity index (χ0n) is 13.1. The molecular formula is C18H13N5OS. The van der Waals surface area contributed by atoms with E-state index >= 15 is 0 Å². The van der Waals surface area contributed by atoms with Crippen LogP contribution in [0, 0.1) is 0 Å². The number of rotatable bonds is 4. The van der Waals surface area contributed by atoms with Crippen LogP contribution < -0.4 is 4.80 Å². The van der Waals surface area contributed by atoms with Crippen LogP contribution in [0.4, 0.5) is 5.69 Å². The van der Waals surface area contributed by atoms with Crippen LogP contribution in [0.15, 0.2) is 87.2 Å². The van der Waals surface area contributed by atoms with E-state index in [1.165, 1.54) is 11.3 Å². The smallest absolute Gasteiger partial charge is 0.211 e. The molecule has 0 amide bonds. The van der Waals surface area contributed by atoms with Gasteiger partial charge < -0.3 is 4.42 Å². The van der Waals surface area contributed by atoms with Gasteiger partial charge in [-0.2, -0.15) is 5.10 Å². The van der Waals surface area contributed by atoms with Gasteiger partial charge in [0.2, 0.25) is 4.80 Å². The predicted molar refractivity (Wildman–Crippen MR) is 96.7 cm³/mol. The Kier molecular flexibility index (Phi) is 4.30. The Hall–Kier alpha value is -3.32. The first-order valence-electron chi connectivity index (χ1n) is 7.55. The molecular weight excluding hydrogens is 334 g/mol. The van der Waals surface area contributed by atoms with Gasteiger partial charge in [0, 0.05) is 17.8 Å². The van der Waals surface area contributed by atoms with E-state index in [1.54, 1.807) is 35.7 Å². The second-order valence-corrected chi connectivity index (χ2v) is 5.85. The van der Waals surface area contributed by atoms with Crippen LogP contribution in [-0.4, -0.2) is 20.9 Å². The Morgan fingerprint density at radius 3 is 2.84 bits per heavy atom. The number of aromatic nitrogens is 3. The second kappa shape index (κ2) is 7.06. The fourth-order valence-electron chi connectivity index (χ4n) is 2.18. The third-order valence-electron chi connectivity index (χ3n) is 3.32. The fourth-order valence-corrected chi connectivity index (χ4v) is 3.02. The molecule has 0 N–H and O–H groups in total. The summed E-state index contributed by atoms with van der Waals surface area (Å²) in [7, 11) is 0. The summed E-state index contributed by atoms with van der Waals surface area (Å²) >= 11 is 1.48. The first-order chi connectivity index (χ1) is 12.4. The van der Waals surface area contributed by atoms with Crippen molar-refractivity contribution in [3.63, 3.8) is 0 Å². The SMILES string of the molecule is C(=Nn1c(-c2ccco2)csc1=Nc1cccnc1)c1ccccn1. The number of hydrogen-bond acceptors (Lipinski definition) is 6. The Morgan fingerprint density at radius 2 is 2.08 bits per heavy atom. The molecule has 0 aliphatic carbocycles. The molecule has 25 heavy (non-hydrogen) atoms. The van der Waals surface area contributed by atoms with Gasteiger partial charge in [0.25, 0.3) is 0 Å². The van der Waals surface area contributed by atoms with E-state index in [-0.39, 0.29) is 0 Å². The van der Waals surface area contributed by atoms with Crippen molar-refractivity contribution in [3.8, 4) is 11.5 Å². The summed E-state index contributed by atoms with van der Waals surface area (Å²) < 4.78 is 7.26. The summed E-state index contributed by atoms with van der Waals surface area (Å²) in [6.45, 7) is 0. The maximum absolute atomic E-state index is 5.52. The summed E-state index contributed by atoms with van der Waals surface area (Å²) in [5, 5.41) is 6.52. The third kappa shape index (κ3) is 3.46. The zero-order chi connectivity index (χ0) is 16.9. The summed E-state index contributed by atoms with van der Waals surface area (Å²) in [5.41, 5.74) is 2.35. The van der Waals surface area contributed by atoms with Crippen molar-refractivity contribution in [1.82, 2.24) is 14.6 Å². The van der Waals surface area contributed by atoms with Gasteiger partial charge in [-0.25, -0.2) is 9.67 Å². The minimum absolute atomic E-state index is 0.714. The van der Waals surface area contributed by atoms with Crippen molar-refractivity contribution >= 4 is 23.2 Å². The Bertz CT molecular complexity index is 1030. The molecule has 0 aromatic carbocycles. The van der Waals surface area contributed by atoms with Gasteiger partial charge in [-0.05, 0) is 36.4 Å². The number of pyridine rings is 2. The molecule has 0 atom stereocenters. The molecule has 0 saturated carbocycles. The van der Waals surface area contributed by atoms with E-state index < -0.39 is 0 Å². The van der Waals surface area contributed by atoms with Gasteiger partial charge in [0.1, 0.15) is 5.69 Å². The first kappa shape index (κ1) is 15.2. The van der Waals surface area contributed by atoms with Gasteiger partial charge in [0.05, 0.1) is 30.1 Å². The Morgan fingerprint density at radius 1 is 1.08 bits per heavy atom. The highest BCUT2D eigenvalue weighted by molar-refractivity contribution is 7.07. The third-order valence-corrected chi connectivity index (χ3v) is 4.14. The number of hydrogen-bond donors (Lipinski definition) is 0. The molecule has 6 nitrogen and oxygen atoms in total. The molecule has 0 aliphatic heterocycles. The molecule has 0 unspecified atom stereocenters. The van der Waals surface area contributed by atoms with Crippen LogP contribution in [-0.2, 0) is 0 Å². The van der Waals surface area contributed by atoms with Crippen LogP contribution in [0.25, 0.3) is 11.5 Å². The average molecular weight is 347 g/mol. The molecule has 0 spiro atoms. The topological polar surface area (TPSA) is 68.6 Å². The van der Waals surface area contributed by atoms with Crippen molar-refractivity contribution in [2.75, 3.05) is 0 Å². The van der Waals surface area contributed by atoms with Crippen molar-refractivity contribution in [2.24, 2.45) is 10.1 Å². The van der Waals surface area contributed by atoms with E-state index in [0.717, 1.165) is 22.8 Å². The summed E-state index contributed by atoms with van der Waals surface area (Å²) in [6, 6.07) is 13.2. The fraction of sp³-hybridized carbons (Fsp3) is 0. The quantitative estimate of drug-likeness (QED) is 0.528. The van der Waals surface area contributed by atoms with Gasteiger partial charge in [-0.15, -0.1) is 11.3 Å². The van der Waals surface area contributed by atoms with Crippen LogP contribution in [0.3, 0.4) is 0 Å². The van der Waals surface area contributed by atoms with Gasteiger partial charge >= 0.3 is 0 Å². The molecule has 0 saturated heterocycles. The van der Waals surface area contributed by atoms with E-state index in [4.69, 9.17) is 4.42 Å². The molecule has 4 rings (SSSR count). The summed E-state index contributed by atoms with van der Waals surface area (Å²) in [6.07, 6.45) is 8.49. The molecule has 0 bridgehead atoms. The first-order valence-corrected chi connectivity index (χ1v) is 8.43. The van der Waals surface area contributed by atoms with E-state index in [0.29, 0.717) is 4.80 Å². The molecule has 7 heteroatoms. The van der Waals surface area contributed by atoms with E-state index in [1.807, 2.05) is 47.8 Å². The predicted octanol–water partition coefficient (Wildman–Crippen LogP) is 3.71. The average Bonchev–Trinajstić information content (AvgIpc) is 3.31. The lowest BCUT2D eigenvalue weighted by atomic mass is 10.4. The van der Waals surface area contributed by atoms with Gasteiger partial charge in [0.15, 0.2) is 5.76 Å². The highest BCUT2D eigenvalue weighted by Crippen LogP contribution is 2.21. The minimum Gasteiger partial charge on any atom is -0.463 e. The van der Waals surface area contributed by atoms with Crippen LogP contribution in [0.5, 0.6) is 0 Å². The molecule has 0 fully saturated rings. The lowest BCUT2D eigenvalue weighted by Crippen LogP contribution is -2.11. The Balaban J connectivity index is 1.83. The van der Waals surface area contributed by atoms with Crippen molar-refractivity contribution in [3.05, 3.63) is 83.2 Å². The van der Waals surface area contributed by atoms with Gasteiger partial charge in [-0.3, -0.25) is 9.97 Å². The standard InChI is InChI=1S/C18H13N5OS/c1-2-9-20-14(5-1)12-21-23-16(17-7-4-10-24-17)13-25-18(23)22-15-6-3-8-19-11-15/h1-13H. The molecule has 4 aromatic rings. The molecule has 0 aliphatic rings. The number of furan rings is 1. The number of thiazole rings is 1. The highest BCUT2D eigenvalue weighted by atomic mass is 32.1. The lowest BCUT2D eigenvalue weighted by molar-refractivity contribution is 0.575. The minimum atomic E-state index is 0.714. The maximum Gasteiger partial charge on any atom is 0.211 e. The summed E-state index contributed by atoms with van der Waals surface area (Å²) in [4.78, 5) is 13.7. The molecule has 4 heterocycles. The number of nitrogens with zero attached hydrogens (tertiary/aromatic N) is 5. The van der Waals surface area contributed by atoms with E-state index in [2.05, 4.69) is 20.1 Å². The molecule has 122 valence electrons. The highest BCUT2D eigenvalue weighted by Gasteiger charge is 2.10. The lowest BCUT2D eigenvalue weighted by Gasteiger charge is -2.00. The second-order valence-electron chi connectivity index (χ2n) is 5.01. The van der Waals surface area contributed by atoms with Crippen LogP contribution >= 0.6 is 11.3 Å². The zero-order valence-corrected chi connectivity index (χ0v) is 13.9. The van der Waals surface area contributed by atoms with Crippen LogP contribution in [0.2, 0.25) is 0 Å². The summed E-state index contributed by atoms with van der Waals surface area (Å²) in [5.74, 6) is 0.724.